The third-order valence-electron chi connectivity index (χ3n) is 5.50. The number of rotatable bonds is 7. The zero-order valence-electron chi connectivity index (χ0n) is 15.4. The molecule has 5 heteroatoms. The fourth-order valence-electron chi connectivity index (χ4n) is 4.12. The van der Waals surface area contributed by atoms with Gasteiger partial charge < -0.3 is 19.3 Å². The van der Waals surface area contributed by atoms with Crippen molar-refractivity contribution in [2.75, 3.05) is 33.9 Å². The fourth-order valence-corrected chi connectivity index (χ4v) is 4.12. The molecule has 0 amide bonds. The number of benzene rings is 1. The Labute approximate surface area is 150 Å². The molecule has 3 atom stereocenters. The summed E-state index contributed by atoms with van der Waals surface area (Å²) in [4.78, 5) is 2.44. The van der Waals surface area contributed by atoms with Crippen LogP contribution >= 0.6 is 0 Å². The summed E-state index contributed by atoms with van der Waals surface area (Å²) in [6.45, 7) is 2.52. The first-order chi connectivity index (χ1) is 12.2. The lowest BCUT2D eigenvalue weighted by Crippen LogP contribution is -2.46. The first-order valence-electron chi connectivity index (χ1n) is 9.46. The standard InChI is InChI=1S/C20H31NO4/c1-23-19-8-7-15(13-20(19)24-2)10-12-25-18-6-4-3-5-17(18)21-11-9-16(22)14-21/h7-8,13,16-18,22H,3-6,9-12,14H2,1-2H3/t16-,17?,18?/m1/s1/i1+1. The van der Waals surface area contributed by atoms with Crippen LogP contribution in [0.4, 0.5) is 0 Å². The van der Waals surface area contributed by atoms with Gasteiger partial charge in [-0.1, -0.05) is 18.9 Å². The lowest BCUT2D eigenvalue weighted by molar-refractivity contribution is -0.0316. The van der Waals surface area contributed by atoms with Crippen LogP contribution in [0.25, 0.3) is 0 Å². The monoisotopic (exact) mass is 350 g/mol. The summed E-state index contributed by atoms with van der Waals surface area (Å²) in [5.74, 6) is 1.52. The fraction of sp³-hybridized carbons (Fsp3) is 0.700. The molecule has 3 rings (SSSR count). The highest BCUT2D eigenvalue weighted by Gasteiger charge is 2.34. The van der Waals surface area contributed by atoms with Gasteiger partial charge in [0.25, 0.3) is 0 Å². The second-order valence-corrected chi connectivity index (χ2v) is 7.14. The molecule has 2 fully saturated rings. The van der Waals surface area contributed by atoms with E-state index >= 15 is 0 Å². The maximum atomic E-state index is 9.83. The molecular weight excluding hydrogens is 319 g/mol. The van der Waals surface area contributed by atoms with E-state index in [2.05, 4.69) is 11.0 Å². The van der Waals surface area contributed by atoms with Crippen molar-refractivity contribution in [2.45, 2.75) is 56.8 Å². The Bertz CT molecular complexity index is 550. The van der Waals surface area contributed by atoms with Gasteiger partial charge in [-0.15, -0.1) is 0 Å². The van der Waals surface area contributed by atoms with Crippen LogP contribution < -0.4 is 9.47 Å². The van der Waals surface area contributed by atoms with Gasteiger partial charge in [0.2, 0.25) is 0 Å². The average Bonchev–Trinajstić information content (AvgIpc) is 3.08. The van der Waals surface area contributed by atoms with Crippen molar-refractivity contribution < 1.29 is 19.3 Å². The Morgan fingerprint density at radius 1 is 1.08 bits per heavy atom. The zero-order valence-corrected chi connectivity index (χ0v) is 15.4. The Morgan fingerprint density at radius 2 is 1.88 bits per heavy atom. The van der Waals surface area contributed by atoms with Gasteiger partial charge in [0.1, 0.15) is 0 Å². The third kappa shape index (κ3) is 4.66. The predicted octanol–water partition coefficient (Wildman–Crippen LogP) is 2.64. The minimum atomic E-state index is -0.158. The summed E-state index contributed by atoms with van der Waals surface area (Å²) < 4.78 is 16.9. The molecule has 2 unspecified atom stereocenters. The van der Waals surface area contributed by atoms with Crippen molar-refractivity contribution in [1.82, 2.24) is 4.90 Å². The van der Waals surface area contributed by atoms with Crippen molar-refractivity contribution in [1.29, 1.82) is 0 Å². The number of aliphatic hydroxyl groups excluding tert-OH is 1. The number of hydrogen-bond donors (Lipinski definition) is 1. The highest BCUT2D eigenvalue weighted by molar-refractivity contribution is 5.42. The van der Waals surface area contributed by atoms with E-state index < -0.39 is 0 Å². The van der Waals surface area contributed by atoms with Gasteiger partial charge >= 0.3 is 0 Å². The molecule has 1 aliphatic heterocycles. The Balaban J connectivity index is 1.53. The van der Waals surface area contributed by atoms with Gasteiger partial charge in [-0.2, -0.15) is 0 Å². The molecule has 0 spiro atoms. The molecule has 1 saturated heterocycles. The largest absolute Gasteiger partial charge is 0.493 e. The summed E-state index contributed by atoms with van der Waals surface area (Å²) >= 11 is 0. The number of methoxy groups -OCH3 is 2. The van der Waals surface area contributed by atoms with E-state index in [1.807, 2.05) is 12.1 Å². The van der Waals surface area contributed by atoms with E-state index in [0.29, 0.717) is 18.8 Å². The Kier molecular flexibility index (Phi) is 6.57. The average molecular weight is 350 g/mol. The number of likely N-dealkylation sites (tertiary alicyclic amines) is 1. The molecule has 0 aromatic heterocycles. The van der Waals surface area contributed by atoms with Gasteiger partial charge in [-0.25, -0.2) is 0 Å². The second-order valence-electron chi connectivity index (χ2n) is 7.14. The van der Waals surface area contributed by atoms with Crippen LogP contribution in [-0.2, 0) is 11.2 Å². The number of β-amino-alcohol motifs (C(OH)–C–C–N with tert-alkyl or cyclic N) is 1. The summed E-state index contributed by atoms with van der Waals surface area (Å²) in [6.07, 6.45) is 6.73. The lowest BCUT2D eigenvalue weighted by atomic mass is 9.91. The van der Waals surface area contributed by atoms with E-state index in [1.54, 1.807) is 14.2 Å². The smallest absolute Gasteiger partial charge is 0.160 e. The van der Waals surface area contributed by atoms with Crippen LogP contribution in [0.1, 0.15) is 37.7 Å². The quantitative estimate of drug-likeness (QED) is 0.766. The van der Waals surface area contributed by atoms with Crippen molar-refractivity contribution in [3.63, 3.8) is 0 Å². The van der Waals surface area contributed by atoms with E-state index in [4.69, 9.17) is 14.2 Å². The Hall–Kier alpha value is -1.30. The summed E-state index contributed by atoms with van der Waals surface area (Å²) in [6, 6.07) is 6.51. The van der Waals surface area contributed by atoms with Gasteiger partial charge in [-0.3, -0.25) is 4.90 Å². The zero-order chi connectivity index (χ0) is 17.6. The highest BCUT2D eigenvalue weighted by Crippen LogP contribution is 2.30. The first-order valence-corrected chi connectivity index (χ1v) is 9.46. The normalized spacial score (nSPS) is 27.4. The molecule has 0 radical (unpaired) electrons. The molecule has 1 aromatic rings. The highest BCUT2D eigenvalue weighted by atomic mass is 16.5. The maximum Gasteiger partial charge on any atom is 0.160 e. The van der Waals surface area contributed by atoms with E-state index in [9.17, 15) is 5.11 Å². The molecule has 140 valence electrons. The van der Waals surface area contributed by atoms with Crippen LogP contribution in [0, 0.1) is 0 Å². The van der Waals surface area contributed by atoms with Crippen LogP contribution in [-0.4, -0.2) is 62.2 Å². The third-order valence-corrected chi connectivity index (χ3v) is 5.50. The minimum absolute atomic E-state index is 0.158. The number of nitrogens with zero attached hydrogens (tertiary/aromatic N) is 1. The number of hydrogen-bond acceptors (Lipinski definition) is 5. The molecular formula is C20H31NO4. The van der Waals surface area contributed by atoms with Crippen molar-refractivity contribution >= 4 is 0 Å². The Morgan fingerprint density at radius 3 is 2.60 bits per heavy atom. The van der Waals surface area contributed by atoms with E-state index in [1.165, 1.54) is 24.8 Å². The summed E-state index contributed by atoms with van der Waals surface area (Å²) in [5, 5.41) is 9.83. The van der Waals surface area contributed by atoms with E-state index in [-0.39, 0.29) is 6.10 Å². The maximum absolute atomic E-state index is 9.83. The van der Waals surface area contributed by atoms with Crippen LogP contribution in [0.5, 0.6) is 11.5 Å². The van der Waals surface area contributed by atoms with Crippen molar-refractivity contribution in [3.05, 3.63) is 23.8 Å². The number of aliphatic hydroxyl groups is 1. The van der Waals surface area contributed by atoms with Gasteiger partial charge in [-0.05, 0) is 43.4 Å². The summed E-state index contributed by atoms with van der Waals surface area (Å²) in [7, 11) is 3.31. The molecule has 1 aromatic carbocycles. The number of ether oxygens (including phenoxy) is 3. The molecule has 1 N–H and O–H groups in total. The van der Waals surface area contributed by atoms with Crippen LogP contribution in [0.15, 0.2) is 18.2 Å². The van der Waals surface area contributed by atoms with E-state index in [0.717, 1.165) is 43.9 Å². The minimum Gasteiger partial charge on any atom is -0.493 e. The first kappa shape index (κ1) is 18.5. The van der Waals surface area contributed by atoms with Gasteiger partial charge in [0.05, 0.1) is 33.0 Å². The SMILES string of the molecule is COc1cc(CCOC2CCCCC2N2CC[C@@H](O)C2)ccc1O[13CH3]. The van der Waals surface area contributed by atoms with Crippen molar-refractivity contribution in [3.8, 4) is 11.5 Å². The molecule has 5 nitrogen and oxygen atoms in total. The van der Waals surface area contributed by atoms with Crippen LogP contribution in [0.3, 0.4) is 0 Å². The van der Waals surface area contributed by atoms with Gasteiger partial charge in [0.15, 0.2) is 11.5 Å². The molecule has 1 aliphatic carbocycles. The molecule has 1 heterocycles. The second kappa shape index (κ2) is 8.88. The predicted molar refractivity (Wildman–Crippen MR) is 97.4 cm³/mol. The molecule has 1 saturated carbocycles. The lowest BCUT2D eigenvalue weighted by Gasteiger charge is -2.37. The molecule has 2 aliphatic rings. The molecule has 0 bridgehead atoms. The molecule has 25 heavy (non-hydrogen) atoms. The van der Waals surface area contributed by atoms with Gasteiger partial charge in [0, 0.05) is 19.1 Å². The topological polar surface area (TPSA) is 51.2 Å². The van der Waals surface area contributed by atoms with Crippen molar-refractivity contribution in [2.24, 2.45) is 0 Å². The summed E-state index contributed by atoms with van der Waals surface area (Å²) in [5.41, 5.74) is 1.20. The van der Waals surface area contributed by atoms with Crippen LogP contribution in [0.2, 0.25) is 0 Å².